The lowest BCUT2D eigenvalue weighted by molar-refractivity contribution is 0.498. The number of halogens is 3. The van der Waals surface area contributed by atoms with Gasteiger partial charge in [0.05, 0.1) is 0 Å². The van der Waals surface area contributed by atoms with Crippen molar-refractivity contribution >= 4 is 12.6 Å². The van der Waals surface area contributed by atoms with E-state index in [1.807, 2.05) is 0 Å². The Hall–Kier alpha value is -0.995. The van der Waals surface area contributed by atoms with Crippen molar-refractivity contribution in [2.45, 2.75) is 0 Å². The minimum absolute atomic E-state index is 0. The molecule has 0 amide bonds. The number of aromatic nitrogens is 1. The Balaban J connectivity index is 0.000001000. The second kappa shape index (κ2) is 2.32. The molecule has 1 heterocycles. The lowest BCUT2D eigenvalue weighted by Gasteiger charge is -2.11. The van der Waals surface area contributed by atoms with E-state index in [4.69, 9.17) is 0 Å². The van der Waals surface area contributed by atoms with E-state index in [0.29, 0.717) is 0 Å². The summed E-state index contributed by atoms with van der Waals surface area (Å²) in [5.74, 6) is 0. The van der Waals surface area contributed by atoms with Crippen LogP contribution >= 0.6 is 0 Å². The van der Waals surface area contributed by atoms with E-state index in [1.165, 1.54) is 12.1 Å². The van der Waals surface area contributed by atoms with Crippen LogP contribution in [0.5, 0.6) is 0 Å². The molecule has 0 saturated carbocycles. The summed E-state index contributed by atoms with van der Waals surface area (Å²) in [7, 11) is 0. The third-order valence-electron chi connectivity index (χ3n) is 1.02. The Kier molecular flexibility index (Phi) is 1.65. The van der Waals surface area contributed by atoms with E-state index in [2.05, 4.69) is 4.98 Å². The van der Waals surface area contributed by atoms with Crippen LogP contribution in [0.3, 0.4) is 0 Å². The fraction of sp³-hybridized carbons (Fsp3) is 0. The molecule has 0 N–H and O–H groups in total. The van der Waals surface area contributed by atoms with E-state index in [1.54, 1.807) is 0 Å². The highest BCUT2D eigenvalue weighted by Crippen LogP contribution is 2.05. The summed E-state index contributed by atoms with van der Waals surface area (Å²) >= 11 is 0. The van der Waals surface area contributed by atoms with Crippen LogP contribution in [0.4, 0.5) is 12.9 Å². The Morgan fingerprint density at radius 3 is 2.30 bits per heavy atom. The molecule has 10 heavy (non-hydrogen) atoms. The van der Waals surface area contributed by atoms with Gasteiger partial charge in [-0.15, -0.1) is 0 Å². The van der Waals surface area contributed by atoms with E-state index in [-0.39, 0.29) is 1.43 Å². The highest BCUT2D eigenvalue weighted by Gasteiger charge is 2.26. The van der Waals surface area contributed by atoms with E-state index < -0.39 is 12.6 Å². The molecular formula is C5H5BF3N. The Bertz CT molecular complexity index is 213. The number of pyridine rings is 1. The van der Waals surface area contributed by atoms with Crippen molar-refractivity contribution in [1.29, 1.82) is 0 Å². The molecule has 1 aromatic rings. The molecular weight excluding hydrogens is 142 g/mol. The molecule has 0 unspecified atom stereocenters. The maximum atomic E-state index is 11.8. The van der Waals surface area contributed by atoms with Crippen LogP contribution in [0, 0.1) is 0 Å². The van der Waals surface area contributed by atoms with Crippen molar-refractivity contribution < 1.29 is 14.4 Å². The normalized spacial score (nSPS) is 11.5. The molecule has 0 atom stereocenters. The van der Waals surface area contributed by atoms with Crippen molar-refractivity contribution in [3.05, 3.63) is 24.4 Å². The lowest BCUT2D eigenvalue weighted by Crippen LogP contribution is -2.36. The number of hydrogen-bond donors (Lipinski definition) is 0. The number of rotatable bonds is 1. The van der Waals surface area contributed by atoms with Gasteiger partial charge in [0.15, 0.2) is 0 Å². The zero-order chi connectivity index (χ0) is 7.61. The summed E-state index contributed by atoms with van der Waals surface area (Å²) in [4.78, 5) is 3.15. The predicted octanol–water partition coefficient (Wildman–Crippen LogP) is 1.25. The zero-order valence-corrected chi connectivity index (χ0v) is 4.97. The van der Waals surface area contributed by atoms with Gasteiger partial charge in [0.1, 0.15) is 0 Å². The fourth-order valence-electron chi connectivity index (χ4n) is 0.570. The highest BCUT2D eigenvalue weighted by atomic mass is 19.4. The summed E-state index contributed by atoms with van der Waals surface area (Å²) in [6, 6.07) is 3.73. The van der Waals surface area contributed by atoms with E-state index in [9.17, 15) is 12.9 Å². The van der Waals surface area contributed by atoms with E-state index in [0.717, 1.165) is 12.3 Å². The predicted molar refractivity (Wildman–Crippen MR) is 34.1 cm³/mol. The smallest absolute Gasteiger partial charge is 0.444 e. The van der Waals surface area contributed by atoms with Gasteiger partial charge in [-0.05, 0) is 11.7 Å². The van der Waals surface area contributed by atoms with Gasteiger partial charge in [-0.25, -0.2) is 0 Å². The van der Waals surface area contributed by atoms with Crippen LogP contribution in [0.15, 0.2) is 24.4 Å². The number of nitrogens with zero attached hydrogens (tertiary/aromatic N) is 1. The van der Waals surface area contributed by atoms with Crippen LogP contribution in [0.2, 0.25) is 0 Å². The Morgan fingerprint density at radius 2 is 2.00 bits per heavy atom. The van der Waals surface area contributed by atoms with Gasteiger partial charge in [-0.3, -0.25) is 4.98 Å². The molecule has 0 aliphatic rings. The van der Waals surface area contributed by atoms with E-state index >= 15 is 0 Å². The topological polar surface area (TPSA) is 12.9 Å². The van der Waals surface area contributed by atoms with Crippen LogP contribution in [0.25, 0.3) is 0 Å². The Labute approximate surface area is 57.4 Å². The minimum Gasteiger partial charge on any atom is -0.444 e. The van der Waals surface area contributed by atoms with Gasteiger partial charge >= 0.3 is 8.40 Å². The third-order valence-corrected chi connectivity index (χ3v) is 1.02. The SMILES string of the molecule is F[B-](F)(F)c1ccccn1.[H+]. The second-order valence-corrected chi connectivity index (χ2v) is 1.83. The second-order valence-electron chi connectivity index (χ2n) is 1.83. The first-order valence-electron chi connectivity index (χ1n) is 2.71. The van der Waals surface area contributed by atoms with Crippen molar-refractivity contribution in [3.63, 3.8) is 0 Å². The lowest BCUT2D eigenvalue weighted by atomic mass is 9.86. The van der Waals surface area contributed by atoms with Gasteiger partial charge in [0.2, 0.25) is 0 Å². The summed E-state index contributed by atoms with van der Waals surface area (Å²) in [6.45, 7) is -4.92. The van der Waals surface area contributed by atoms with Crippen LogP contribution in [-0.2, 0) is 0 Å². The average Bonchev–Trinajstić information content (AvgIpc) is 1.88. The molecule has 0 aliphatic heterocycles. The van der Waals surface area contributed by atoms with Gasteiger partial charge in [-0.1, -0.05) is 12.1 Å². The molecule has 0 bridgehead atoms. The maximum absolute atomic E-state index is 11.8. The van der Waals surface area contributed by atoms with Gasteiger partial charge < -0.3 is 12.9 Å². The molecule has 5 heteroatoms. The van der Waals surface area contributed by atoms with Gasteiger partial charge in [0, 0.05) is 6.20 Å². The first kappa shape index (κ1) is 7.12. The average molecular weight is 147 g/mol. The maximum Gasteiger partial charge on any atom is 1.00 e. The molecule has 54 valence electrons. The van der Waals surface area contributed by atoms with Gasteiger partial charge in [0.25, 0.3) is 0 Å². The summed E-state index contributed by atoms with van der Waals surface area (Å²) in [5, 5.41) is 0. The molecule has 1 rings (SSSR count). The molecule has 1 nitrogen and oxygen atoms in total. The van der Waals surface area contributed by atoms with Crippen molar-refractivity contribution in [2.75, 3.05) is 0 Å². The minimum atomic E-state index is -4.92. The molecule has 0 radical (unpaired) electrons. The van der Waals surface area contributed by atoms with Crippen molar-refractivity contribution in [3.8, 4) is 0 Å². The largest absolute Gasteiger partial charge is 1.00 e. The molecule has 0 aromatic carbocycles. The van der Waals surface area contributed by atoms with Crippen LogP contribution < -0.4 is 5.59 Å². The first-order valence-corrected chi connectivity index (χ1v) is 2.71. The van der Waals surface area contributed by atoms with Crippen LogP contribution in [-0.4, -0.2) is 12.0 Å². The quantitative estimate of drug-likeness (QED) is 0.544. The summed E-state index contributed by atoms with van der Waals surface area (Å²) in [6.07, 6.45) is 1.13. The standard InChI is InChI=1S/C5H4BF3N/c7-6(8,9)5-3-1-2-4-10-5/h1-4H/q-1/p+1. The Morgan fingerprint density at radius 1 is 1.30 bits per heavy atom. The molecule has 0 saturated heterocycles. The zero-order valence-electron chi connectivity index (χ0n) is 5.97. The molecule has 0 spiro atoms. The third kappa shape index (κ3) is 1.49. The fourth-order valence-corrected chi connectivity index (χ4v) is 0.570. The monoisotopic (exact) mass is 147 g/mol. The molecule has 1 aromatic heterocycles. The van der Waals surface area contributed by atoms with Gasteiger partial charge in [-0.2, -0.15) is 0 Å². The summed E-state index contributed by atoms with van der Waals surface area (Å²) < 4.78 is 35.4. The first-order chi connectivity index (χ1) is 4.61. The van der Waals surface area contributed by atoms with Crippen molar-refractivity contribution in [2.24, 2.45) is 0 Å². The van der Waals surface area contributed by atoms with Crippen molar-refractivity contribution in [1.82, 2.24) is 4.98 Å². The summed E-state index contributed by atoms with van der Waals surface area (Å²) in [5.41, 5.74) is -0.789. The molecule has 0 fully saturated rings. The highest BCUT2D eigenvalue weighted by molar-refractivity contribution is 6.72. The number of hydrogen-bond acceptors (Lipinski definition) is 1. The molecule has 0 aliphatic carbocycles. The van der Waals surface area contributed by atoms with Crippen LogP contribution in [0.1, 0.15) is 1.43 Å².